The van der Waals surface area contributed by atoms with Gasteiger partial charge in [0.15, 0.2) is 0 Å². The van der Waals surface area contributed by atoms with Gasteiger partial charge in [0.2, 0.25) is 0 Å². The third-order valence-electron chi connectivity index (χ3n) is 6.75. The number of hydrogen-bond acceptors (Lipinski definition) is 6. The van der Waals surface area contributed by atoms with Crippen LogP contribution in [0, 0.1) is 29.6 Å². The third-order valence-corrected chi connectivity index (χ3v) is 6.75. The lowest BCUT2D eigenvalue weighted by Gasteiger charge is -2.32. The van der Waals surface area contributed by atoms with E-state index < -0.39 is 6.10 Å². The lowest BCUT2D eigenvalue weighted by molar-refractivity contribution is -0.147. The minimum absolute atomic E-state index is 0.0297. The highest BCUT2D eigenvalue weighted by molar-refractivity contribution is 5.85. The monoisotopic (exact) mass is 349 g/mol. The predicted octanol–water partition coefficient (Wildman–Crippen LogP) is 0.638. The van der Waals surface area contributed by atoms with E-state index in [-0.39, 0.29) is 47.4 Å². The van der Waals surface area contributed by atoms with Gasteiger partial charge in [-0.25, -0.2) is 0 Å². The molecule has 4 rings (SSSR count). The van der Waals surface area contributed by atoms with Gasteiger partial charge >= 0.3 is 5.97 Å². The number of ketones is 1. The molecule has 0 aromatic heterocycles. The Hall–Kier alpha value is -1.24. The summed E-state index contributed by atoms with van der Waals surface area (Å²) < 4.78 is 11.2. The SMILES string of the molecule is C=C1CC(O)C2C(CN3CCOCC3)C(=O)O[C@@H]2[C@H]2[C@H](C)C(=O)C[C@@H]12. The molecular formula is C19H27NO5. The summed E-state index contributed by atoms with van der Waals surface area (Å²) in [6.07, 6.45) is -0.0904. The average molecular weight is 349 g/mol. The quantitative estimate of drug-likeness (QED) is 0.582. The van der Waals surface area contributed by atoms with Crippen LogP contribution in [0.2, 0.25) is 0 Å². The molecule has 1 N–H and O–H groups in total. The lowest BCUT2D eigenvalue weighted by atomic mass is 9.77. The highest BCUT2D eigenvalue weighted by Crippen LogP contribution is 2.51. The Kier molecular flexibility index (Phi) is 4.46. The van der Waals surface area contributed by atoms with Crippen LogP contribution < -0.4 is 0 Å². The van der Waals surface area contributed by atoms with Gasteiger partial charge in [0.25, 0.3) is 0 Å². The number of fused-ring (bicyclic) bond motifs is 3. The first kappa shape index (κ1) is 17.2. The summed E-state index contributed by atoms with van der Waals surface area (Å²) in [7, 11) is 0. The number of Topliss-reactive ketones (excluding diaryl/α,β-unsaturated/α-hetero) is 1. The fourth-order valence-corrected chi connectivity index (χ4v) is 5.35. The highest BCUT2D eigenvalue weighted by atomic mass is 16.6. The van der Waals surface area contributed by atoms with E-state index in [4.69, 9.17) is 9.47 Å². The van der Waals surface area contributed by atoms with E-state index >= 15 is 0 Å². The molecule has 6 heteroatoms. The molecule has 4 fully saturated rings. The van der Waals surface area contributed by atoms with E-state index in [2.05, 4.69) is 11.5 Å². The molecule has 0 spiro atoms. The van der Waals surface area contributed by atoms with Crippen LogP contribution in [0.3, 0.4) is 0 Å². The number of aliphatic hydroxyl groups excluding tert-OH is 1. The number of carbonyl (C=O) groups is 2. The molecule has 2 aliphatic heterocycles. The van der Waals surface area contributed by atoms with Crippen molar-refractivity contribution in [3.63, 3.8) is 0 Å². The maximum Gasteiger partial charge on any atom is 0.311 e. The molecule has 2 saturated carbocycles. The van der Waals surface area contributed by atoms with Crippen molar-refractivity contribution in [2.75, 3.05) is 32.8 Å². The van der Waals surface area contributed by atoms with Gasteiger partial charge in [0.05, 0.1) is 25.2 Å². The maximum absolute atomic E-state index is 12.6. The minimum atomic E-state index is -0.636. The molecule has 25 heavy (non-hydrogen) atoms. The van der Waals surface area contributed by atoms with Gasteiger partial charge in [-0.05, 0) is 12.3 Å². The Labute approximate surface area is 148 Å². The Balaban J connectivity index is 1.61. The van der Waals surface area contributed by atoms with E-state index in [0.29, 0.717) is 32.6 Å². The van der Waals surface area contributed by atoms with Crippen molar-refractivity contribution < 1.29 is 24.2 Å². The Morgan fingerprint density at radius 2 is 1.92 bits per heavy atom. The van der Waals surface area contributed by atoms with Gasteiger partial charge in [-0.2, -0.15) is 0 Å². The maximum atomic E-state index is 12.6. The number of aliphatic hydroxyl groups is 1. The van der Waals surface area contributed by atoms with Crippen LogP contribution in [0.15, 0.2) is 12.2 Å². The molecule has 0 radical (unpaired) electrons. The molecule has 7 atom stereocenters. The zero-order chi connectivity index (χ0) is 17.7. The van der Waals surface area contributed by atoms with E-state index in [9.17, 15) is 14.7 Å². The van der Waals surface area contributed by atoms with Crippen LogP contribution in [-0.4, -0.2) is 66.8 Å². The number of esters is 1. The number of hydrogen-bond donors (Lipinski definition) is 1. The molecule has 0 bridgehead atoms. The van der Waals surface area contributed by atoms with Crippen LogP contribution in [-0.2, 0) is 19.1 Å². The van der Waals surface area contributed by atoms with Crippen molar-refractivity contribution in [3.05, 3.63) is 12.2 Å². The van der Waals surface area contributed by atoms with Crippen LogP contribution in [0.4, 0.5) is 0 Å². The van der Waals surface area contributed by atoms with E-state index in [1.54, 1.807) is 0 Å². The van der Waals surface area contributed by atoms with Crippen molar-refractivity contribution in [2.24, 2.45) is 29.6 Å². The first-order valence-corrected chi connectivity index (χ1v) is 9.36. The molecule has 0 aromatic carbocycles. The summed E-state index contributed by atoms with van der Waals surface area (Å²) in [4.78, 5) is 27.1. The number of carbonyl (C=O) groups excluding carboxylic acids is 2. The molecular weight excluding hydrogens is 322 g/mol. The molecule has 2 aliphatic carbocycles. The standard InChI is InChI=1S/C19H27NO5/c1-10-7-15(22)17-13(9-20-3-5-24-6-4-20)19(23)25-18(17)16-11(2)14(21)8-12(10)16/h11-13,15-18,22H,1,3-9H2,2H3/t11-,12+,13?,15?,16+,17?,18-/m1/s1. The lowest BCUT2D eigenvalue weighted by Crippen LogP contribution is -2.44. The summed E-state index contributed by atoms with van der Waals surface area (Å²) in [6.45, 7) is 9.60. The summed E-state index contributed by atoms with van der Waals surface area (Å²) in [5, 5.41) is 10.8. The average Bonchev–Trinajstić information content (AvgIpc) is 3.02. The summed E-state index contributed by atoms with van der Waals surface area (Å²) in [5.74, 6) is -0.752. The molecule has 2 heterocycles. The normalized spacial score (nSPS) is 45.0. The van der Waals surface area contributed by atoms with E-state index in [1.165, 1.54) is 0 Å². The molecule has 6 nitrogen and oxygen atoms in total. The van der Waals surface area contributed by atoms with Gasteiger partial charge in [-0.1, -0.05) is 19.1 Å². The molecule has 0 amide bonds. The van der Waals surface area contributed by atoms with Gasteiger partial charge in [0.1, 0.15) is 11.9 Å². The summed E-state index contributed by atoms with van der Waals surface area (Å²) in [5.41, 5.74) is 0.936. The summed E-state index contributed by atoms with van der Waals surface area (Å²) in [6, 6.07) is 0. The fraction of sp³-hybridized carbons (Fsp3) is 0.789. The minimum Gasteiger partial charge on any atom is -0.461 e. The second kappa shape index (κ2) is 6.49. The number of ether oxygens (including phenoxy) is 2. The van der Waals surface area contributed by atoms with Crippen LogP contribution in [0.5, 0.6) is 0 Å². The van der Waals surface area contributed by atoms with Crippen LogP contribution in [0.1, 0.15) is 19.8 Å². The molecule has 4 aliphatic rings. The number of nitrogens with zero attached hydrogens (tertiary/aromatic N) is 1. The molecule has 2 saturated heterocycles. The zero-order valence-electron chi connectivity index (χ0n) is 14.7. The van der Waals surface area contributed by atoms with Crippen molar-refractivity contribution >= 4 is 11.8 Å². The fourth-order valence-electron chi connectivity index (χ4n) is 5.35. The molecule has 0 aromatic rings. The summed E-state index contributed by atoms with van der Waals surface area (Å²) >= 11 is 0. The third kappa shape index (κ3) is 2.84. The van der Waals surface area contributed by atoms with Crippen LogP contribution >= 0.6 is 0 Å². The largest absolute Gasteiger partial charge is 0.461 e. The second-order valence-corrected chi connectivity index (χ2v) is 8.07. The number of rotatable bonds is 2. The Morgan fingerprint density at radius 1 is 1.20 bits per heavy atom. The van der Waals surface area contributed by atoms with E-state index in [0.717, 1.165) is 18.7 Å². The van der Waals surface area contributed by atoms with Crippen LogP contribution in [0.25, 0.3) is 0 Å². The van der Waals surface area contributed by atoms with Gasteiger partial charge in [-0.15, -0.1) is 0 Å². The predicted molar refractivity (Wildman–Crippen MR) is 89.7 cm³/mol. The van der Waals surface area contributed by atoms with Gasteiger partial charge in [-0.3, -0.25) is 14.5 Å². The van der Waals surface area contributed by atoms with Crippen molar-refractivity contribution in [2.45, 2.75) is 32.0 Å². The Bertz CT molecular complexity index is 584. The smallest absolute Gasteiger partial charge is 0.311 e. The van der Waals surface area contributed by atoms with E-state index in [1.807, 2.05) is 6.92 Å². The van der Waals surface area contributed by atoms with Crippen molar-refractivity contribution in [1.82, 2.24) is 4.90 Å². The zero-order valence-corrected chi connectivity index (χ0v) is 14.7. The van der Waals surface area contributed by atoms with Crippen molar-refractivity contribution in [1.29, 1.82) is 0 Å². The second-order valence-electron chi connectivity index (χ2n) is 8.07. The topological polar surface area (TPSA) is 76.1 Å². The number of morpholine rings is 1. The first-order valence-electron chi connectivity index (χ1n) is 9.36. The highest BCUT2D eigenvalue weighted by Gasteiger charge is 2.58. The molecule has 3 unspecified atom stereocenters. The molecule has 138 valence electrons. The van der Waals surface area contributed by atoms with Crippen molar-refractivity contribution in [3.8, 4) is 0 Å². The van der Waals surface area contributed by atoms with Gasteiger partial charge in [0, 0.05) is 43.8 Å². The Morgan fingerprint density at radius 3 is 2.64 bits per heavy atom. The first-order chi connectivity index (χ1) is 12.0. The van der Waals surface area contributed by atoms with Gasteiger partial charge < -0.3 is 14.6 Å².